The number of amides is 1. The normalized spacial score (nSPS) is 11.8. The van der Waals surface area contributed by atoms with Crippen LogP contribution in [0, 0.1) is 13.8 Å². The maximum Gasteiger partial charge on any atom is 0.236 e. The molecular formula is C26H26ClN5O2S2. The Balaban J connectivity index is 1.40. The fraction of sp³-hybridized carbons (Fsp3) is 0.231. The Bertz CT molecular complexity index is 1350. The molecule has 0 saturated carbocycles. The zero-order valence-electron chi connectivity index (χ0n) is 20.2. The Labute approximate surface area is 223 Å². The third kappa shape index (κ3) is 6.16. The van der Waals surface area contributed by atoms with E-state index >= 15 is 0 Å². The first kappa shape index (κ1) is 25.9. The van der Waals surface area contributed by atoms with Gasteiger partial charge >= 0.3 is 0 Å². The van der Waals surface area contributed by atoms with Gasteiger partial charge in [0.25, 0.3) is 0 Å². The lowest BCUT2D eigenvalue weighted by molar-refractivity contribution is -0.113. The van der Waals surface area contributed by atoms with Gasteiger partial charge in [-0.3, -0.25) is 9.36 Å². The van der Waals surface area contributed by atoms with Gasteiger partial charge in [0.2, 0.25) is 5.91 Å². The zero-order valence-corrected chi connectivity index (χ0v) is 22.6. The summed E-state index contributed by atoms with van der Waals surface area (Å²) in [4.78, 5) is 17.1. The molecule has 1 N–H and O–H groups in total. The van der Waals surface area contributed by atoms with E-state index in [0.29, 0.717) is 28.4 Å². The minimum absolute atomic E-state index is 0.167. The lowest BCUT2D eigenvalue weighted by Crippen LogP contribution is -2.15. The first-order chi connectivity index (χ1) is 17.4. The van der Waals surface area contributed by atoms with Gasteiger partial charge in [0.05, 0.1) is 11.4 Å². The van der Waals surface area contributed by atoms with Crippen LogP contribution in [0.4, 0.5) is 5.13 Å². The summed E-state index contributed by atoms with van der Waals surface area (Å²) in [6.07, 6.45) is 1.40. The first-order valence-electron chi connectivity index (χ1n) is 11.3. The molecule has 0 aliphatic rings. The number of anilines is 1. The average molecular weight is 540 g/mol. The number of aromatic nitrogens is 4. The second-order valence-electron chi connectivity index (χ2n) is 8.11. The van der Waals surface area contributed by atoms with Crippen LogP contribution in [0.3, 0.4) is 0 Å². The SMILES string of the molecule is C=CCn1c(SCC(=O)Nc2nc(-c3ccccc3)cs2)nnc1C(C)Oc1cc(C)c(Cl)c(C)c1. The van der Waals surface area contributed by atoms with E-state index in [-0.39, 0.29) is 17.8 Å². The number of thioether (sulfide) groups is 1. The monoisotopic (exact) mass is 539 g/mol. The molecule has 0 fully saturated rings. The summed E-state index contributed by atoms with van der Waals surface area (Å²) in [5, 5.41) is 15.3. The van der Waals surface area contributed by atoms with Crippen LogP contribution in [0.1, 0.15) is 30.0 Å². The van der Waals surface area contributed by atoms with Gasteiger partial charge in [-0.25, -0.2) is 4.98 Å². The highest BCUT2D eigenvalue weighted by Gasteiger charge is 2.20. The summed E-state index contributed by atoms with van der Waals surface area (Å²) in [7, 11) is 0. The zero-order chi connectivity index (χ0) is 25.7. The molecule has 1 unspecified atom stereocenters. The summed E-state index contributed by atoms with van der Waals surface area (Å²) in [5.41, 5.74) is 3.74. The van der Waals surface area contributed by atoms with E-state index in [1.54, 1.807) is 6.08 Å². The van der Waals surface area contributed by atoms with E-state index < -0.39 is 0 Å². The van der Waals surface area contributed by atoms with Crippen molar-refractivity contribution >= 4 is 45.7 Å². The standard InChI is InChI=1S/C26H26ClN5O2S2/c1-5-11-32-24(18(4)34-20-12-16(2)23(27)17(3)13-20)30-31-26(32)36-15-22(33)29-25-28-21(14-35-25)19-9-7-6-8-10-19/h5-10,12-14,18H,1,11,15H2,2-4H3,(H,28,29,33). The molecule has 0 bridgehead atoms. The van der Waals surface area contributed by atoms with E-state index in [2.05, 4.69) is 27.1 Å². The molecule has 0 spiro atoms. The van der Waals surface area contributed by atoms with E-state index in [4.69, 9.17) is 16.3 Å². The van der Waals surface area contributed by atoms with Crippen LogP contribution in [-0.4, -0.2) is 31.4 Å². The summed E-state index contributed by atoms with van der Waals surface area (Å²) in [6.45, 7) is 10.1. The summed E-state index contributed by atoms with van der Waals surface area (Å²) in [6, 6.07) is 13.7. The van der Waals surface area contributed by atoms with E-state index in [0.717, 1.165) is 27.4 Å². The molecule has 2 aromatic heterocycles. The summed E-state index contributed by atoms with van der Waals surface area (Å²) >= 11 is 8.98. The number of nitrogens with one attached hydrogen (secondary N) is 1. The molecule has 2 heterocycles. The lowest BCUT2D eigenvalue weighted by Gasteiger charge is -2.17. The van der Waals surface area contributed by atoms with Gasteiger partial charge in [0.1, 0.15) is 5.75 Å². The van der Waals surface area contributed by atoms with Crippen LogP contribution in [0.5, 0.6) is 5.75 Å². The number of benzene rings is 2. The maximum atomic E-state index is 12.6. The fourth-order valence-electron chi connectivity index (χ4n) is 3.60. The van der Waals surface area contributed by atoms with E-state index in [1.807, 2.05) is 73.2 Å². The Kier molecular flexibility index (Phi) is 8.45. The molecule has 0 aliphatic carbocycles. The van der Waals surface area contributed by atoms with Crippen LogP contribution < -0.4 is 10.1 Å². The highest BCUT2D eigenvalue weighted by Crippen LogP contribution is 2.30. The smallest absolute Gasteiger partial charge is 0.236 e. The molecule has 10 heteroatoms. The molecule has 7 nitrogen and oxygen atoms in total. The van der Waals surface area contributed by atoms with Crippen molar-refractivity contribution in [3.8, 4) is 17.0 Å². The third-order valence-electron chi connectivity index (χ3n) is 5.30. The van der Waals surface area contributed by atoms with Crippen molar-refractivity contribution in [3.63, 3.8) is 0 Å². The predicted octanol–water partition coefficient (Wildman–Crippen LogP) is 6.73. The number of carbonyl (C=O) groups is 1. The topological polar surface area (TPSA) is 81.9 Å². The predicted molar refractivity (Wildman–Crippen MR) is 147 cm³/mol. The molecule has 0 radical (unpaired) electrons. The van der Waals surface area contributed by atoms with Gasteiger partial charge in [0.15, 0.2) is 22.2 Å². The van der Waals surface area contributed by atoms with Crippen molar-refractivity contribution in [1.29, 1.82) is 0 Å². The molecule has 0 saturated heterocycles. The Morgan fingerprint density at radius 1 is 1.25 bits per heavy atom. The number of thiazole rings is 1. The largest absolute Gasteiger partial charge is 0.483 e. The number of ether oxygens (including phenoxy) is 1. The highest BCUT2D eigenvalue weighted by atomic mass is 35.5. The average Bonchev–Trinajstić information content (AvgIpc) is 3.49. The van der Waals surface area contributed by atoms with Crippen molar-refractivity contribution in [3.05, 3.63) is 82.5 Å². The molecule has 4 aromatic rings. The van der Waals surface area contributed by atoms with Crippen LogP contribution in [0.2, 0.25) is 5.02 Å². The number of carbonyl (C=O) groups excluding carboxylic acids is 1. The number of hydrogen-bond donors (Lipinski definition) is 1. The third-order valence-corrected chi connectivity index (χ3v) is 7.62. The van der Waals surface area contributed by atoms with Gasteiger partial charge in [-0.1, -0.05) is 59.8 Å². The molecule has 2 aromatic carbocycles. The maximum absolute atomic E-state index is 12.6. The molecule has 186 valence electrons. The first-order valence-corrected chi connectivity index (χ1v) is 13.5. The van der Waals surface area contributed by atoms with Crippen LogP contribution in [0.25, 0.3) is 11.3 Å². The minimum atomic E-state index is -0.368. The van der Waals surface area contributed by atoms with Gasteiger partial charge in [-0.15, -0.1) is 28.1 Å². The van der Waals surface area contributed by atoms with Crippen molar-refractivity contribution in [2.24, 2.45) is 0 Å². The molecule has 0 aliphatic heterocycles. The Hall–Kier alpha value is -3.14. The van der Waals surface area contributed by atoms with Gasteiger partial charge < -0.3 is 10.1 Å². The second kappa shape index (κ2) is 11.7. The van der Waals surface area contributed by atoms with Gasteiger partial charge in [0, 0.05) is 22.5 Å². The van der Waals surface area contributed by atoms with E-state index in [9.17, 15) is 4.79 Å². The summed E-state index contributed by atoms with van der Waals surface area (Å²) in [5.74, 6) is 1.36. The number of halogens is 1. The molecule has 4 rings (SSSR count). The van der Waals surface area contributed by atoms with Gasteiger partial charge in [-0.05, 0) is 44.0 Å². The summed E-state index contributed by atoms with van der Waals surface area (Å²) < 4.78 is 8.05. The van der Waals surface area contributed by atoms with Crippen molar-refractivity contribution < 1.29 is 9.53 Å². The van der Waals surface area contributed by atoms with Crippen LogP contribution in [-0.2, 0) is 11.3 Å². The van der Waals surface area contributed by atoms with Crippen LogP contribution >= 0.6 is 34.7 Å². The van der Waals surface area contributed by atoms with E-state index in [1.165, 1.54) is 23.1 Å². The highest BCUT2D eigenvalue weighted by molar-refractivity contribution is 7.99. The molecular weight excluding hydrogens is 514 g/mol. The molecule has 1 atom stereocenters. The lowest BCUT2D eigenvalue weighted by atomic mass is 10.1. The number of rotatable bonds is 10. The van der Waals surface area contributed by atoms with Crippen molar-refractivity contribution in [2.75, 3.05) is 11.1 Å². The van der Waals surface area contributed by atoms with Crippen molar-refractivity contribution in [2.45, 2.75) is 38.6 Å². The minimum Gasteiger partial charge on any atom is -0.483 e. The second-order valence-corrected chi connectivity index (χ2v) is 10.3. The number of hydrogen-bond acceptors (Lipinski definition) is 7. The van der Waals surface area contributed by atoms with Crippen LogP contribution in [0.15, 0.2) is 65.7 Å². The number of allylic oxidation sites excluding steroid dienone is 1. The number of aryl methyl sites for hydroxylation is 2. The molecule has 36 heavy (non-hydrogen) atoms. The quantitative estimate of drug-likeness (QED) is 0.178. The number of nitrogens with zero attached hydrogens (tertiary/aromatic N) is 4. The van der Waals surface area contributed by atoms with Gasteiger partial charge in [-0.2, -0.15) is 0 Å². The van der Waals surface area contributed by atoms with Crippen molar-refractivity contribution in [1.82, 2.24) is 19.7 Å². The Morgan fingerprint density at radius 3 is 2.67 bits per heavy atom. The Morgan fingerprint density at radius 2 is 1.97 bits per heavy atom. The molecule has 1 amide bonds. The fourth-order valence-corrected chi connectivity index (χ4v) is 5.20.